The van der Waals surface area contributed by atoms with E-state index in [1.54, 1.807) is 4.68 Å². The summed E-state index contributed by atoms with van der Waals surface area (Å²) in [7, 11) is 1.86. The number of hydrogen-bond acceptors (Lipinski definition) is 2. The van der Waals surface area contributed by atoms with Gasteiger partial charge in [0, 0.05) is 24.4 Å². The molecule has 1 heterocycles. The molecule has 21 heavy (non-hydrogen) atoms. The highest BCUT2D eigenvalue weighted by molar-refractivity contribution is 6.20. The van der Waals surface area contributed by atoms with E-state index in [1.165, 1.54) is 12.8 Å². The van der Waals surface area contributed by atoms with E-state index in [0.29, 0.717) is 18.2 Å². The van der Waals surface area contributed by atoms with Gasteiger partial charge in [-0.3, -0.25) is 9.48 Å². The third-order valence-corrected chi connectivity index (χ3v) is 4.89. The number of para-hydroxylation sites is 1. The Morgan fingerprint density at radius 1 is 1.38 bits per heavy atom. The Kier molecular flexibility index (Phi) is 4.15. The predicted octanol–water partition coefficient (Wildman–Crippen LogP) is 3.10. The van der Waals surface area contributed by atoms with Crippen LogP contribution in [0, 0.1) is 5.92 Å². The molecule has 2 aromatic rings. The number of aryl methyl sites for hydroxylation is 1. The van der Waals surface area contributed by atoms with E-state index in [0.717, 1.165) is 23.7 Å². The maximum atomic E-state index is 12.4. The average Bonchev–Trinajstić information content (AvgIpc) is 2.84. The summed E-state index contributed by atoms with van der Waals surface area (Å²) in [6.45, 7) is 0.637. The smallest absolute Gasteiger partial charge is 0.272 e. The molecule has 1 fully saturated rings. The highest BCUT2D eigenvalue weighted by Crippen LogP contribution is 2.28. The van der Waals surface area contributed by atoms with Crippen molar-refractivity contribution in [2.24, 2.45) is 13.0 Å². The Labute approximate surface area is 129 Å². The van der Waals surface area contributed by atoms with Crippen LogP contribution in [0.3, 0.4) is 0 Å². The zero-order valence-electron chi connectivity index (χ0n) is 12.2. The third kappa shape index (κ3) is 2.91. The van der Waals surface area contributed by atoms with Crippen LogP contribution in [0.5, 0.6) is 0 Å². The number of rotatable bonds is 3. The second-order valence-electron chi connectivity index (χ2n) is 5.76. The number of halogens is 1. The van der Waals surface area contributed by atoms with Gasteiger partial charge < -0.3 is 5.32 Å². The summed E-state index contributed by atoms with van der Waals surface area (Å²) in [6, 6.07) is 7.78. The van der Waals surface area contributed by atoms with E-state index in [4.69, 9.17) is 11.6 Å². The molecule has 0 saturated heterocycles. The van der Waals surface area contributed by atoms with Gasteiger partial charge in [0.25, 0.3) is 5.91 Å². The van der Waals surface area contributed by atoms with Crippen LogP contribution in [0.1, 0.15) is 36.2 Å². The molecule has 2 unspecified atom stereocenters. The number of benzene rings is 1. The van der Waals surface area contributed by atoms with Crippen LogP contribution in [-0.2, 0) is 7.05 Å². The summed E-state index contributed by atoms with van der Waals surface area (Å²) < 4.78 is 1.75. The maximum Gasteiger partial charge on any atom is 0.272 e. The number of amides is 1. The highest BCUT2D eigenvalue weighted by Gasteiger charge is 2.24. The van der Waals surface area contributed by atoms with Crippen molar-refractivity contribution in [3.05, 3.63) is 30.0 Å². The standard InChI is InChI=1S/C16H20ClN3O/c1-20-14-9-5-3-7-12(14)15(19-20)16(21)18-10-11-6-2-4-8-13(11)17/h3,5,7,9,11,13H,2,4,6,8,10H2,1H3,(H,18,21). The minimum Gasteiger partial charge on any atom is -0.350 e. The number of nitrogens with one attached hydrogen (secondary N) is 1. The van der Waals surface area contributed by atoms with Crippen molar-refractivity contribution in [3.63, 3.8) is 0 Å². The van der Waals surface area contributed by atoms with Crippen molar-refractivity contribution >= 4 is 28.4 Å². The summed E-state index contributed by atoms with van der Waals surface area (Å²) in [5.74, 6) is 0.264. The van der Waals surface area contributed by atoms with Crippen LogP contribution >= 0.6 is 11.6 Å². The molecule has 1 aliphatic carbocycles. The van der Waals surface area contributed by atoms with E-state index in [2.05, 4.69) is 10.4 Å². The summed E-state index contributed by atoms with van der Waals surface area (Å²) in [5, 5.41) is 8.42. The Morgan fingerprint density at radius 3 is 2.95 bits per heavy atom. The number of carbonyl (C=O) groups is 1. The molecule has 0 aliphatic heterocycles. The zero-order chi connectivity index (χ0) is 14.8. The summed E-state index contributed by atoms with van der Waals surface area (Å²) in [6.07, 6.45) is 4.55. The van der Waals surface area contributed by atoms with Gasteiger partial charge >= 0.3 is 0 Å². The first kappa shape index (κ1) is 14.4. The molecule has 1 aromatic heterocycles. The van der Waals surface area contributed by atoms with Crippen LogP contribution in [0.4, 0.5) is 0 Å². The first-order valence-corrected chi connectivity index (χ1v) is 7.94. The first-order valence-electron chi connectivity index (χ1n) is 7.51. The van der Waals surface area contributed by atoms with Crippen molar-refractivity contribution in [3.8, 4) is 0 Å². The minimum atomic E-state index is -0.110. The number of aromatic nitrogens is 2. The Balaban J connectivity index is 1.72. The Morgan fingerprint density at radius 2 is 2.14 bits per heavy atom. The van der Waals surface area contributed by atoms with Gasteiger partial charge in [-0.15, -0.1) is 11.6 Å². The highest BCUT2D eigenvalue weighted by atomic mass is 35.5. The molecule has 3 rings (SSSR count). The molecule has 1 N–H and O–H groups in total. The van der Waals surface area contributed by atoms with Crippen molar-refractivity contribution in [2.45, 2.75) is 31.1 Å². The number of carbonyl (C=O) groups excluding carboxylic acids is 1. The minimum absolute atomic E-state index is 0.110. The fraction of sp³-hybridized carbons (Fsp3) is 0.500. The molecule has 2 atom stereocenters. The second kappa shape index (κ2) is 6.06. The lowest BCUT2D eigenvalue weighted by molar-refractivity contribution is 0.0940. The molecule has 5 heteroatoms. The lowest BCUT2D eigenvalue weighted by atomic mass is 9.89. The van der Waals surface area contributed by atoms with Gasteiger partial charge in [-0.25, -0.2) is 0 Å². The molecule has 4 nitrogen and oxygen atoms in total. The zero-order valence-corrected chi connectivity index (χ0v) is 12.9. The van der Waals surface area contributed by atoms with Gasteiger partial charge in [0.05, 0.1) is 5.52 Å². The van der Waals surface area contributed by atoms with Gasteiger partial charge in [0.2, 0.25) is 0 Å². The quantitative estimate of drug-likeness (QED) is 0.886. The topological polar surface area (TPSA) is 46.9 Å². The van der Waals surface area contributed by atoms with Crippen molar-refractivity contribution in [1.82, 2.24) is 15.1 Å². The van der Waals surface area contributed by atoms with Crippen LogP contribution < -0.4 is 5.32 Å². The molecule has 0 spiro atoms. The molecular weight excluding hydrogens is 286 g/mol. The van der Waals surface area contributed by atoms with Crippen molar-refractivity contribution in [1.29, 1.82) is 0 Å². The van der Waals surface area contributed by atoms with E-state index < -0.39 is 0 Å². The molecule has 1 aromatic carbocycles. The molecular formula is C16H20ClN3O. The van der Waals surface area contributed by atoms with Gasteiger partial charge in [-0.05, 0) is 24.8 Å². The van der Waals surface area contributed by atoms with Gasteiger partial charge in [-0.1, -0.05) is 31.0 Å². The second-order valence-corrected chi connectivity index (χ2v) is 6.32. The third-order valence-electron chi connectivity index (χ3n) is 4.31. The van der Waals surface area contributed by atoms with Gasteiger partial charge in [0.15, 0.2) is 5.69 Å². The molecule has 1 saturated carbocycles. The number of nitrogens with zero attached hydrogens (tertiary/aromatic N) is 2. The molecule has 0 bridgehead atoms. The number of alkyl halides is 1. The van der Waals surface area contributed by atoms with Crippen LogP contribution in [-0.4, -0.2) is 27.6 Å². The SMILES string of the molecule is Cn1nc(C(=O)NCC2CCCCC2Cl)c2ccccc21. The van der Waals surface area contributed by atoms with E-state index in [9.17, 15) is 4.79 Å². The van der Waals surface area contributed by atoms with Crippen LogP contribution in [0.25, 0.3) is 10.9 Å². The fourth-order valence-electron chi connectivity index (χ4n) is 3.08. The average molecular weight is 306 g/mol. The van der Waals surface area contributed by atoms with Crippen molar-refractivity contribution in [2.75, 3.05) is 6.54 Å². The lowest BCUT2D eigenvalue weighted by Gasteiger charge is -2.26. The van der Waals surface area contributed by atoms with Crippen LogP contribution in [0.2, 0.25) is 0 Å². The fourth-order valence-corrected chi connectivity index (χ4v) is 3.45. The summed E-state index contributed by atoms with van der Waals surface area (Å²) in [5.41, 5.74) is 1.46. The molecule has 1 aliphatic rings. The molecule has 0 radical (unpaired) electrons. The van der Waals surface area contributed by atoms with E-state index in [1.807, 2.05) is 31.3 Å². The largest absolute Gasteiger partial charge is 0.350 e. The maximum absolute atomic E-state index is 12.4. The van der Waals surface area contributed by atoms with E-state index >= 15 is 0 Å². The Hall–Kier alpha value is -1.55. The van der Waals surface area contributed by atoms with Crippen molar-refractivity contribution < 1.29 is 4.79 Å². The predicted molar refractivity (Wildman–Crippen MR) is 84.6 cm³/mol. The van der Waals surface area contributed by atoms with Crippen LogP contribution in [0.15, 0.2) is 24.3 Å². The number of fused-ring (bicyclic) bond motifs is 1. The molecule has 112 valence electrons. The first-order chi connectivity index (χ1) is 10.2. The lowest BCUT2D eigenvalue weighted by Crippen LogP contribution is -2.35. The molecule has 1 amide bonds. The van der Waals surface area contributed by atoms with Gasteiger partial charge in [0.1, 0.15) is 0 Å². The van der Waals surface area contributed by atoms with E-state index in [-0.39, 0.29) is 11.3 Å². The normalized spacial score (nSPS) is 22.4. The monoisotopic (exact) mass is 305 g/mol. The van der Waals surface area contributed by atoms with Gasteiger partial charge in [-0.2, -0.15) is 5.10 Å². The Bertz CT molecular complexity index is 652. The summed E-state index contributed by atoms with van der Waals surface area (Å²) in [4.78, 5) is 12.4. The number of hydrogen-bond donors (Lipinski definition) is 1. The summed E-state index contributed by atoms with van der Waals surface area (Å²) >= 11 is 6.34.